The van der Waals surface area contributed by atoms with Crippen LogP contribution in [-0.2, 0) is 16.0 Å². The van der Waals surface area contributed by atoms with Crippen LogP contribution in [0.3, 0.4) is 0 Å². The third-order valence-corrected chi connectivity index (χ3v) is 3.68. The van der Waals surface area contributed by atoms with Gasteiger partial charge in [0, 0.05) is 0 Å². The zero-order valence-electron chi connectivity index (χ0n) is 13.7. The van der Waals surface area contributed by atoms with Crippen LogP contribution in [0.25, 0.3) is 0 Å². The van der Waals surface area contributed by atoms with Crippen LogP contribution in [0.1, 0.15) is 41.4 Å². The zero-order chi connectivity index (χ0) is 17.5. The van der Waals surface area contributed by atoms with Gasteiger partial charge in [-0.3, -0.25) is 4.79 Å². The molecule has 0 aliphatic carbocycles. The molecule has 0 aromatic heterocycles. The Bertz CT molecular complexity index is 696. The number of nitrogens with one attached hydrogen (secondary N) is 1. The smallest absolute Gasteiger partial charge is 0.338 e. The van der Waals surface area contributed by atoms with Crippen LogP contribution in [0, 0.1) is 5.82 Å². The van der Waals surface area contributed by atoms with Gasteiger partial charge in [0.1, 0.15) is 5.82 Å². The van der Waals surface area contributed by atoms with E-state index in [1.165, 1.54) is 29.8 Å². The van der Waals surface area contributed by atoms with Gasteiger partial charge in [-0.05, 0) is 48.7 Å². The van der Waals surface area contributed by atoms with Crippen molar-refractivity contribution in [2.75, 3.05) is 6.61 Å². The fourth-order valence-corrected chi connectivity index (χ4v) is 2.21. The standard InChI is InChI=1S/C19H20FNO3/c1-3-14-4-6-15(7-5-14)13(2)21-18(22)12-24-19(23)16-8-10-17(20)11-9-16/h4-11,13H,3,12H2,1-2H3,(H,21,22)/t13-/m1/s1. The number of carbonyl (C=O) groups is 2. The molecule has 1 atom stereocenters. The summed E-state index contributed by atoms with van der Waals surface area (Å²) in [6, 6.07) is 12.7. The van der Waals surface area contributed by atoms with Crippen molar-refractivity contribution in [3.8, 4) is 0 Å². The molecule has 0 bridgehead atoms. The highest BCUT2D eigenvalue weighted by molar-refractivity contribution is 5.91. The summed E-state index contributed by atoms with van der Waals surface area (Å²) >= 11 is 0. The lowest BCUT2D eigenvalue weighted by molar-refractivity contribution is -0.124. The molecule has 5 heteroatoms. The van der Waals surface area contributed by atoms with E-state index in [1.54, 1.807) is 0 Å². The predicted molar refractivity (Wildman–Crippen MR) is 89.1 cm³/mol. The Morgan fingerprint density at radius 3 is 2.29 bits per heavy atom. The normalized spacial score (nSPS) is 11.6. The number of benzene rings is 2. The predicted octanol–water partition coefficient (Wildman–Crippen LogP) is 3.42. The van der Waals surface area contributed by atoms with E-state index in [2.05, 4.69) is 12.2 Å². The van der Waals surface area contributed by atoms with Crippen molar-refractivity contribution in [3.63, 3.8) is 0 Å². The number of carbonyl (C=O) groups excluding carboxylic acids is 2. The highest BCUT2D eigenvalue weighted by atomic mass is 19.1. The molecular formula is C19H20FNO3. The fraction of sp³-hybridized carbons (Fsp3) is 0.263. The molecule has 2 rings (SSSR count). The average Bonchev–Trinajstić information content (AvgIpc) is 2.60. The van der Waals surface area contributed by atoms with E-state index in [9.17, 15) is 14.0 Å². The lowest BCUT2D eigenvalue weighted by Crippen LogP contribution is -2.31. The molecule has 1 N–H and O–H groups in total. The van der Waals surface area contributed by atoms with E-state index >= 15 is 0 Å². The summed E-state index contributed by atoms with van der Waals surface area (Å²) < 4.78 is 17.7. The highest BCUT2D eigenvalue weighted by Gasteiger charge is 2.13. The van der Waals surface area contributed by atoms with Gasteiger partial charge in [-0.2, -0.15) is 0 Å². The van der Waals surface area contributed by atoms with Gasteiger partial charge in [-0.15, -0.1) is 0 Å². The van der Waals surface area contributed by atoms with E-state index < -0.39 is 17.7 Å². The van der Waals surface area contributed by atoms with Crippen LogP contribution >= 0.6 is 0 Å². The van der Waals surface area contributed by atoms with Crippen LogP contribution in [0.15, 0.2) is 48.5 Å². The van der Waals surface area contributed by atoms with Gasteiger partial charge >= 0.3 is 5.97 Å². The Kier molecular flexibility index (Phi) is 6.07. The second kappa shape index (κ2) is 8.24. The minimum Gasteiger partial charge on any atom is -0.452 e. The highest BCUT2D eigenvalue weighted by Crippen LogP contribution is 2.13. The molecule has 0 saturated heterocycles. The third kappa shape index (κ3) is 4.91. The number of hydrogen-bond acceptors (Lipinski definition) is 3. The Labute approximate surface area is 140 Å². The van der Waals surface area contributed by atoms with E-state index in [4.69, 9.17) is 4.74 Å². The number of esters is 1. The number of halogens is 1. The molecule has 0 fully saturated rings. The van der Waals surface area contributed by atoms with E-state index in [1.807, 2.05) is 31.2 Å². The van der Waals surface area contributed by atoms with Crippen molar-refractivity contribution in [1.29, 1.82) is 0 Å². The van der Waals surface area contributed by atoms with Gasteiger partial charge in [-0.25, -0.2) is 9.18 Å². The minimum absolute atomic E-state index is 0.187. The monoisotopic (exact) mass is 329 g/mol. The second-order valence-corrected chi connectivity index (χ2v) is 5.47. The maximum absolute atomic E-state index is 12.8. The maximum Gasteiger partial charge on any atom is 0.338 e. The average molecular weight is 329 g/mol. The Morgan fingerprint density at radius 2 is 1.71 bits per heavy atom. The molecule has 0 radical (unpaired) electrons. The first-order chi connectivity index (χ1) is 11.5. The minimum atomic E-state index is -0.662. The molecule has 1 amide bonds. The van der Waals surface area contributed by atoms with E-state index in [-0.39, 0.29) is 18.2 Å². The summed E-state index contributed by atoms with van der Waals surface area (Å²) in [6.07, 6.45) is 0.959. The van der Waals surface area contributed by atoms with Crippen molar-refractivity contribution in [1.82, 2.24) is 5.32 Å². The fourth-order valence-electron chi connectivity index (χ4n) is 2.21. The van der Waals surface area contributed by atoms with Gasteiger partial charge in [0.15, 0.2) is 6.61 Å². The summed E-state index contributed by atoms with van der Waals surface area (Å²) in [6.45, 7) is 3.56. The summed E-state index contributed by atoms with van der Waals surface area (Å²) in [5, 5.41) is 2.77. The quantitative estimate of drug-likeness (QED) is 0.826. The van der Waals surface area contributed by atoms with Crippen LogP contribution in [-0.4, -0.2) is 18.5 Å². The summed E-state index contributed by atoms with van der Waals surface area (Å²) in [5.74, 6) is -1.49. The number of ether oxygens (including phenoxy) is 1. The Morgan fingerprint density at radius 1 is 1.08 bits per heavy atom. The van der Waals surface area contributed by atoms with Crippen molar-refractivity contribution >= 4 is 11.9 Å². The summed E-state index contributed by atoms with van der Waals surface area (Å²) in [7, 11) is 0. The number of aryl methyl sites for hydroxylation is 1. The van der Waals surface area contributed by atoms with Crippen LogP contribution in [0.4, 0.5) is 4.39 Å². The Balaban J connectivity index is 1.83. The zero-order valence-corrected chi connectivity index (χ0v) is 13.7. The number of hydrogen-bond donors (Lipinski definition) is 1. The molecular weight excluding hydrogens is 309 g/mol. The lowest BCUT2D eigenvalue weighted by Gasteiger charge is -2.15. The third-order valence-electron chi connectivity index (χ3n) is 3.68. The van der Waals surface area contributed by atoms with Gasteiger partial charge < -0.3 is 10.1 Å². The molecule has 2 aromatic carbocycles. The van der Waals surface area contributed by atoms with Crippen molar-refractivity contribution in [2.45, 2.75) is 26.3 Å². The Hall–Kier alpha value is -2.69. The van der Waals surface area contributed by atoms with Gasteiger partial charge in [-0.1, -0.05) is 31.2 Å². The lowest BCUT2D eigenvalue weighted by atomic mass is 10.1. The summed E-state index contributed by atoms with van der Waals surface area (Å²) in [5.41, 5.74) is 2.41. The molecule has 2 aromatic rings. The van der Waals surface area contributed by atoms with E-state index in [0.29, 0.717) is 0 Å². The molecule has 0 unspecified atom stereocenters. The second-order valence-electron chi connectivity index (χ2n) is 5.47. The van der Waals surface area contributed by atoms with Gasteiger partial charge in [0.05, 0.1) is 11.6 Å². The van der Waals surface area contributed by atoms with Gasteiger partial charge in [0.25, 0.3) is 5.91 Å². The molecule has 0 spiro atoms. The molecule has 126 valence electrons. The SMILES string of the molecule is CCc1ccc([C@@H](C)NC(=O)COC(=O)c2ccc(F)cc2)cc1. The first-order valence-electron chi connectivity index (χ1n) is 7.80. The molecule has 0 aliphatic rings. The molecule has 0 heterocycles. The molecule has 4 nitrogen and oxygen atoms in total. The van der Waals surface area contributed by atoms with Crippen LogP contribution in [0.5, 0.6) is 0 Å². The topological polar surface area (TPSA) is 55.4 Å². The van der Waals surface area contributed by atoms with Crippen molar-refractivity contribution < 1.29 is 18.7 Å². The molecule has 24 heavy (non-hydrogen) atoms. The molecule has 0 aliphatic heterocycles. The number of amides is 1. The summed E-state index contributed by atoms with van der Waals surface area (Å²) in [4.78, 5) is 23.7. The van der Waals surface area contributed by atoms with Crippen molar-refractivity contribution in [2.24, 2.45) is 0 Å². The van der Waals surface area contributed by atoms with Gasteiger partial charge in [0.2, 0.25) is 0 Å². The van der Waals surface area contributed by atoms with Crippen LogP contribution < -0.4 is 5.32 Å². The maximum atomic E-state index is 12.8. The largest absolute Gasteiger partial charge is 0.452 e. The number of rotatable bonds is 6. The van der Waals surface area contributed by atoms with Crippen LogP contribution in [0.2, 0.25) is 0 Å². The first-order valence-corrected chi connectivity index (χ1v) is 7.80. The van der Waals surface area contributed by atoms with Crippen molar-refractivity contribution in [3.05, 3.63) is 71.0 Å². The molecule has 0 saturated carbocycles. The van der Waals surface area contributed by atoms with E-state index in [0.717, 1.165) is 12.0 Å². The first kappa shape index (κ1) is 17.7.